The molecule has 5 rings (SSSR count). The maximum absolute atomic E-state index is 13.4. The molecule has 44 heavy (non-hydrogen) atoms. The number of para-hydroxylation sites is 2. The lowest BCUT2D eigenvalue weighted by atomic mass is 9.95. The molecule has 5 N–H and O–H groups in total. The van der Waals surface area contributed by atoms with Gasteiger partial charge in [-0.25, -0.2) is 0 Å². The van der Waals surface area contributed by atoms with Crippen LogP contribution in [0.15, 0.2) is 127 Å². The number of carbonyl (C=O) groups is 3. The van der Waals surface area contributed by atoms with Gasteiger partial charge >= 0.3 is 0 Å². The topological polar surface area (TPSA) is 123 Å². The molecule has 8 nitrogen and oxygen atoms in total. The highest BCUT2D eigenvalue weighted by Crippen LogP contribution is 2.29. The van der Waals surface area contributed by atoms with Crippen molar-refractivity contribution < 1.29 is 19.1 Å². The Morgan fingerprint density at radius 3 is 1.80 bits per heavy atom. The summed E-state index contributed by atoms with van der Waals surface area (Å²) < 4.78 is 5.62. The molecule has 0 saturated carbocycles. The quantitative estimate of drug-likeness (QED) is 0.108. The number of hydrogen-bond acceptors (Lipinski definition) is 5. The molecule has 0 spiro atoms. The van der Waals surface area contributed by atoms with Crippen LogP contribution in [0, 0.1) is 5.92 Å². The van der Waals surface area contributed by atoms with E-state index in [1.165, 1.54) is 7.11 Å². The van der Waals surface area contributed by atoms with Crippen molar-refractivity contribution in [2.75, 3.05) is 28.8 Å². The third-order valence-electron chi connectivity index (χ3n) is 7.10. The van der Waals surface area contributed by atoms with E-state index in [2.05, 4.69) is 16.0 Å². The smallest absolute Gasteiger partial charge is 0.255 e. The summed E-state index contributed by atoms with van der Waals surface area (Å²) in [6, 6.07) is 38.0. The van der Waals surface area contributed by atoms with Crippen LogP contribution in [0.3, 0.4) is 0 Å². The first-order chi connectivity index (χ1) is 21.4. The molecular formula is C36H32N4O4. The van der Waals surface area contributed by atoms with Crippen LogP contribution < -0.4 is 26.4 Å². The van der Waals surface area contributed by atoms with E-state index < -0.39 is 17.7 Å². The van der Waals surface area contributed by atoms with Gasteiger partial charge in [0.05, 0.1) is 18.5 Å². The van der Waals surface area contributed by atoms with Crippen molar-refractivity contribution in [3.63, 3.8) is 0 Å². The van der Waals surface area contributed by atoms with E-state index in [0.29, 0.717) is 39.6 Å². The predicted octanol–water partition coefficient (Wildman–Crippen LogP) is 6.63. The number of benzene rings is 5. The van der Waals surface area contributed by atoms with Crippen LogP contribution in [-0.4, -0.2) is 24.8 Å². The minimum atomic E-state index is -1.09. The largest absolute Gasteiger partial charge is 0.496 e. The van der Waals surface area contributed by atoms with E-state index in [1.54, 1.807) is 72.8 Å². The second-order valence-electron chi connectivity index (χ2n) is 10.1. The van der Waals surface area contributed by atoms with Gasteiger partial charge in [0.25, 0.3) is 5.91 Å². The molecule has 5 aromatic rings. The van der Waals surface area contributed by atoms with Crippen molar-refractivity contribution in [1.82, 2.24) is 0 Å². The normalized spacial score (nSPS) is 10.6. The fourth-order valence-electron chi connectivity index (χ4n) is 4.75. The number of methoxy groups -OCH3 is 1. The van der Waals surface area contributed by atoms with Gasteiger partial charge in [-0.15, -0.1) is 0 Å². The second-order valence-corrected chi connectivity index (χ2v) is 10.1. The number of amides is 3. The van der Waals surface area contributed by atoms with Gasteiger partial charge < -0.3 is 26.4 Å². The Balaban J connectivity index is 1.37. The number of ether oxygens (including phenoxy) is 1. The zero-order valence-electron chi connectivity index (χ0n) is 24.1. The Labute approximate surface area is 255 Å². The van der Waals surface area contributed by atoms with E-state index in [1.807, 2.05) is 54.6 Å². The molecule has 0 bridgehead atoms. The SMILES string of the molecule is COc1cc(C(=O)Nc2cc(-c3ccccc3)ccc2N)ccc1CC(C(=O)Nc1ccccc1)C(=O)Nc1ccccc1. The van der Waals surface area contributed by atoms with Crippen LogP contribution in [0.2, 0.25) is 0 Å². The lowest BCUT2D eigenvalue weighted by molar-refractivity contribution is -0.129. The van der Waals surface area contributed by atoms with Gasteiger partial charge in [-0.3, -0.25) is 14.4 Å². The number of nitrogens with one attached hydrogen (secondary N) is 3. The number of anilines is 4. The number of hydrogen-bond donors (Lipinski definition) is 4. The molecule has 0 aromatic heterocycles. The second kappa shape index (κ2) is 13.8. The molecule has 0 aliphatic carbocycles. The van der Waals surface area contributed by atoms with Crippen LogP contribution in [-0.2, 0) is 16.0 Å². The van der Waals surface area contributed by atoms with Crippen molar-refractivity contribution in [2.45, 2.75) is 6.42 Å². The molecule has 0 aliphatic heterocycles. The lowest BCUT2D eigenvalue weighted by Gasteiger charge is -2.19. The van der Waals surface area contributed by atoms with Crippen LogP contribution in [0.25, 0.3) is 11.1 Å². The van der Waals surface area contributed by atoms with Gasteiger partial charge in [0, 0.05) is 16.9 Å². The van der Waals surface area contributed by atoms with Crippen LogP contribution >= 0.6 is 0 Å². The first-order valence-electron chi connectivity index (χ1n) is 14.1. The molecule has 5 aromatic carbocycles. The molecule has 8 heteroatoms. The first-order valence-corrected chi connectivity index (χ1v) is 14.1. The molecule has 0 atom stereocenters. The summed E-state index contributed by atoms with van der Waals surface area (Å²) in [6.07, 6.45) is 0.0362. The fraction of sp³-hybridized carbons (Fsp3) is 0.0833. The molecule has 220 valence electrons. The molecule has 0 unspecified atom stereocenters. The van der Waals surface area contributed by atoms with Crippen LogP contribution in [0.4, 0.5) is 22.7 Å². The summed E-state index contributed by atoms with van der Waals surface area (Å²) in [5.41, 5.74) is 11.1. The number of nitrogens with two attached hydrogens (primary N) is 1. The van der Waals surface area contributed by atoms with Crippen molar-refractivity contribution in [3.8, 4) is 16.9 Å². The van der Waals surface area contributed by atoms with Crippen molar-refractivity contribution in [3.05, 3.63) is 139 Å². The third-order valence-corrected chi connectivity index (χ3v) is 7.10. The van der Waals surface area contributed by atoms with Crippen molar-refractivity contribution in [2.24, 2.45) is 5.92 Å². The Bertz CT molecular complexity index is 1710. The summed E-state index contributed by atoms with van der Waals surface area (Å²) in [5.74, 6) is -2.05. The van der Waals surface area contributed by atoms with E-state index in [-0.39, 0.29) is 12.3 Å². The monoisotopic (exact) mass is 584 g/mol. The Morgan fingerprint density at radius 2 is 1.23 bits per heavy atom. The zero-order chi connectivity index (χ0) is 30.9. The highest BCUT2D eigenvalue weighted by atomic mass is 16.5. The maximum atomic E-state index is 13.4. The standard InChI is InChI=1S/C36H32N4O4/c1-44-33-23-27(34(41)40-32-22-25(19-20-31(32)37)24-11-5-2-6-12-24)18-17-26(33)21-30(35(42)38-28-13-7-3-8-14-28)36(43)39-29-15-9-4-10-16-29/h2-20,22-23,30H,21,37H2,1H3,(H,38,42)(H,39,43)(H,40,41). The average Bonchev–Trinajstić information content (AvgIpc) is 3.05. The van der Waals surface area contributed by atoms with Crippen molar-refractivity contribution >= 4 is 40.5 Å². The fourth-order valence-corrected chi connectivity index (χ4v) is 4.75. The molecular weight excluding hydrogens is 552 g/mol. The molecule has 0 aliphatic rings. The predicted molar refractivity (Wildman–Crippen MR) is 175 cm³/mol. The van der Waals surface area contributed by atoms with Crippen molar-refractivity contribution in [1.29, 1.82) is 0 Å². The van der Waals surface area contributed by atoms with Crippen LogP contribution in [0.5, 0.6) is 5.75 Å². The summed E-state index contributed by atoms with van der Waals surface area (Å²) >= 11 is 0. The molecule has 0 radical (unpaired) electrons. The Kier molecular flexibility index (Phi) is 9.32. The van der Waals surface area contributed by atoms with Crippen LogP contribution in [0.1, 0.15) is 15.9 Å². The van der Waals surface area contributed by atoms with Gasteiger partial charge in [-0.1, -0.05) is 78.9 Å². The zero-order valence-corrected chi connectivity index (χ0v) is 24.1. The number of carbonyl (C=O) groups excluding carboxylic acids is 3. The highest BCUT2D eigenvalue weighted by molar-refractivity contribution is 6.11. The Morgan fingerprint density at radius 1 is 0.659 bits per heavy atom. The van der Waals surface area contributed by atoms with Gasteiger partial charge in [-0.05, 0) is 71.6 Å². The first kappa shape index (κ1) is 29.6. The third kappa shape index (κ3) is 7.30. The average molecular weight is 585 g/mol. The molecule has 0 saturated heterocycles. The molecule has 0 fully saturated rings. The summed E-state index contributed by atoms with van der Waals surface area (Å²) in [5, 5.41) is 8.55. The van der Waals surface area contributed by atoms with Gasteiger partial charge in [-0.2, -0.15) is 0 Å². The van der Waals surface area contributed by atoms with E-state index in [0.717, 1.165) is 11.1 Å². The minimum Gasteiger partial charge on any atom is -0.496 e. The summed E-state index contributed by atoms with van der Waals surface area (Å²) in [7, 11) is 1.48. The molecule has 3 amide bonds. The maximum Gasteiger partial charge on any atom is 0.255 e. The minimum absolute atomic E-state index is 0.0362. The van der Waals surface area contributed by atoms with Gasteiger partial charge in [0.2, 0.25) is 11.8 Å². The van der Waals surface area contributed by atoms with E-state index >= 15 is 0 Å². The summed E-state index contributed by atoms with van der Waals surface area (Å²) in [4.78, 5) is 40.1. The number of rotatable bonds is 10. The van der Waals surface area contributed by atoms with E-state index in [4.69, 9.17) is 10.5 Å². The molecule has 0 heterocycles. The van der Waals surface area contributed by atoms with Gasteiger partial charge in [0.1, 0.15) is 11.7 Å². The summed E-state index contributed by atoms with van der Waals surface area (Å²) in [6.45, 7) is 0. The van der Waals surface area contributed by atoms with Gasteiger partial charge in [0.15, 0.2) is 0 Å². The lowest BCUT2D eigenvalue weighted by Crippen LogP contribution is -2.35. The van der Waals surface area contributed by atoms with E-state index in [9.17, 15) is 14.4 Å². The Hall–Kier alpha value is -5.89. The number of nitrogen functional groups attached to an aromatic ring is 1. The highest BCUT2D eigenvalue weighted by Gasteiger charge is 2.29.